The maximum atomic E-state index is 13.0. The Kier molecular flexibility index (Phi) is 5.84. The van der Waals surface area contributed by atoms with Gasteiger partial charge in [-0.2, -0.15) is 10.2 Å². The third-order valence-corrected chi connectivity index (χ3v) is 5.43. The Bertz CT molecular complexity index is 1240. The van der Waals surface area contributed by atoms with Gasteiger partial charge in [0.25, 0.3) is 5.91 Å². The molecular formula is C21H20Cl2N6O2. The lowest BCUT2D eigenvalue weighted by molar-refractivity contribution is 0.101. The molecule has 0 aliphatic heterocycles. The molecule has 0 atom stereocenters. The van der Waals surface area contributed by atoms with Crippen LogP contribution in [0.4, 0.5) is 5.69 Å². The van der Waals surface area contributed by atoms with Crippen molar-refractivity contribution in [3.8, 4) is 0 Å². The lowest BCUT2D eigenvalue weighted by atomic mass is 10.1. The minimum atomic E-state index is -0.373. The smallest absolute Gasteiger partial charge is 0.278 e. The second-order valence-electron chi connectivity index (χ2n) is 7.21. The van der Waals surface area contributed by atoms with Crippen LogP contribution in [-0.2, 0) is 13.1 Å². The number of hydrogen-bond donors (Lipinski definition) is 1. The summed E-state index contributed by atoms with van der Waals surface area (Å²) in [4.78, 5) is 13.0. The van der Waals surface area contributed by atoms with Crippen molar-refractivity contribution < 1.29 is 9.32 Å². The van der Waals surface area contributed by atoms with Crippen LogP contribution in [0.1, 0.15) is 38.8 Å². The molecule has 0 saturated heterocycles. The number of nitrogens with zero attached hydrogens (tertiary/aromatic N) is 5. The van der Waals surface area contributed by atoms with E-state index < -0.39 is 0 Å². The van der Waals surface area contributed by atoms with Crippen molar-refractivity contribution in [3.63, 3.8) is 0 Å². The Hall–Kier alpha value is -3.10. The van der Waals surface area contributed by atoms with Gasteiger partial charge in [0.15, 0.2) is 5.69 Å². The van der Waals surface area contributed by atoms with Crippen molar-refractivity contribution in [2.75, 3.05) is 5.32 Å². The molecule has 1 aromatic carbocycles. The maximum absolute atomic E-state index is 13.0. The molecule has 0 aliphatic carbocycles. The third kappa shape index (κ3) is 4.50. The summed E-state index contributed by atoms with van der Waals surface area (Å²) in [6.07, 6.45) is 3.21. The van der Waals surface area contributed by atoms with E-state index in [-0.39, 0.29) is 11.6 Å². The first kappa shape index (κ1) is 21.1. The predicted molar refractivity (Wildman–Crippen MR) is 118 cm³/mol. The Balaban J connectivity index is 1.55. The molecule has 0 spiro atoms. The van der Waals surface area contributed by atoms with Crippen molar-refractivity contribution in [1.82, 2.24) is 24.7 Å². The molecule has 31 heavy (non-hydrogen) atoms. The zero-order chi connectivity index (χ0) is 22.1. The highest BCUT2D eigenvalue weighted by Crippen LogP contribution is 2.23. The molecule has 0 radical (unpaired) electrons. The number of nitrogens with one attached hydrogen (secondary N) is 1. The van der Waals surface area contributed by atoms with Gasteiger partial charge in [0.1, 0.15) is 5.76 Å². The summed E-state index contributed by atoms with van der Waals surface area (Å²) in [6.45, 7) is 6.39. The summed E-state index contributed by atoms with van der Waals surface area (Å²) in [5, 5.41) is 16.8. The second kappa shape index (κ2) is 8.56. The molecule has 3 heterocycles. The fraction of sp³-hybridized carbons (Fsp3) is 0.238. The zero-order valence-electron chi connectivity index (χ0n) is 17.2. The molecule has 10 heteroatoms. The molecule has 4 rings (SSSR count). The van der Waals surface area contributed by atoms with Crippen LogP contribution in [0.15, 0.2) is 41.2 Å². The molecular weight excluding hydrogens is 439 g/mol. The quantitative estimate of drug-likeness (QED) is 0.453. The molecule has 0 fully saturated rings. The summed E-state index contributed by atoms with van der Waals surface area (Å²) < 4.78 is 8.74. The molecule has 1 amide bonds. The van der Waals surface area contributed by atoms with Gasteiger partial charge in [-0.3, -0.25) is 14.2 Å². The van der Waals surface area contributed by atoms with Gasteiger partial charge in [-0.15, -0.1) is 0 Å². The normalized spacial score (nSPS) is 11.1. The minimum absolute atomic E-state index is 0.202. The average molecular weight is 459 g/mol. The van der Waals surface area contributed by atoms with Crippen LogP contribution in [0.2, 0.25) is 10.0 Å². The Morgan fingerprint density at radius 2 is 1.84 bits per heavy atom. The molecule has 8 nitrogen and oxygen atoms in total. The monoisotopic (exact) mass is 458 g/mol. The van der Waals surface area contributed by atoms with Gasteiger partial charge in [0.05, 0.1) is 41.4 Å². The zero-order valence-corrected chi connectivity index (χ0v) is 18.7. The van der Waals surface area contributed by atoms with Gasteiger partial charge in [-0.1, -0.05) is 40.5 Å². The minimum Gasteiger partial charge on any atom is -0.361 e. The van der Waals surface area contributed by atoms with Crippen molar-refractivity contribution in [2.24, 2.45) is 0 Å². The Morgan fingerprint density at radius 3 is 2.52 bits per heavy atom. The molecule has 1 N–H and O–H groups in total. The molecule has 0 bridgehead atoms. The van der Waals surface area contributed by atoms with E-state index in [0.717, 1.165) is 11.3 Å². The highest BCUT2D eigenvalue weighted by atomic mass is 35.5. The van der Waals surface area contributed by atoms with E-state index in [9.17, 15) is 4.79 Å². The van der Waals surface area contributed by atoms with E-state index in [1.807, 2.05) is 42.8 Å². The van der Waals surface area contributed by atoms with Crippen LogP contribution in [0.3, 0.4) is 0 Å². The number of benzene rings is 1. The average Bonchev–Trinajstić information content (AvgIpc) is 3.38. The number of aromatic nitrogens is 5. The topological polar surface area (TPSA) is 90.8 Å². The van der Waals surface area contributed by atoms with Gasteiger partial charge in [0, 0.05) is 16.8 Å². The van der Waals surface area contributed by atoms with Crippen LogP contribution >= 0.6 is 23.2 Å². The van der Waals surface area contributed by atoms with Crippen LogP contribution in [-0.4, -0.2) is 30.6 Å². The Labute approximate surface area is 188 Å². The van der Waals surface area contributed by atoms with Crippen LogP contribution in [0.25, 0.3) is 0 Å². The van der Waals surface area contributed by atoms with Gasteiger partial charge < -0.3 is 9.84 Å². The van der Waals surface area contributed by atoms with Crippen molar-refractivity contribution in [3.05, 3.63) is 80.7 Å². The molecule has 0 unspecified atom stereocenters. The number of carbonyl (C=O) groups excluding carboxylic acids is 1. The SMILES string of the molecule is Cc1nn(Cc2ccc(Cl)cc2)c(C)c1NC(=O)c1noc(C)c1Cn1cc(Cl)cn1. The number of hydrogen-bond acceptors (Lipinski definition) is 5. The largest absolute Gasteiger partial charge is 0.361 e. The molecule has 0 saturated carbocycles. The summed E-state index contributed by atoms with van der Waals surface area (Å²) in [6, 6.07) is 7.57. The van der Waals surface area contributed by atoms with E-state index in [1.165, 1.54) is 6.20 Å². The van der Waals surface area contributed by atoms with Gasteiger partial charge >= 0.3 is 0 Å². The van der Waals surface area contributed by atoms with E-state index in [2.05, 4.69) is 20.7 Å². The summed E-state index contributed by atoms with van der Waals surface area (Å²) in [5.41, 5.74) is 4.09. The van der Waals surface area contributed by atoms with E-state index in [4.69, 9.17) is 27.7 Å². The fourth-order valence-corrected chi connectivity index (χ4v) is 3.59. The van der Waals surface area contributed by atoms with Crippen LogP contribution in [0.5, 0.6) is 0 Å². The second-order valence-corrected chi connectivity index (χ2v) is 8.08. The number of rotatable bonds is 6. The van der Waals surface area contributed by atoms with Crippen molar-refractivity contribution in [1.29, 1.82) is 0 Å². The van der Waals surface area contributed by atoms with Gasteiger partial charge in [-0.25, -0.2) is 0 Å². The number of carbonyl (C=O) groups is 1. The van der Waals surface area contributed by atoms with E-state index in [1.54, 1.807) is 17.8 Å². The standard InChI is InChI=1S/C21H20Cl2N6O2/c1-12-19(13(2)29(26-12)9-15-4-6-16(22)7-5-15)25-21(30)20-18(14(3)31-27-20)11-28-10-17(23)8-24-28/h4-8,10H,9,11H2,1-3H3,(H,25,30). The number of aryl methyl sites for hydroxylation is 2. The lowest BCUT2D eigenvalue weighted by Crippen LogP contribution is -2.17. The fourth-order valence-electron chi connectivity index (χ4n) is 3.31. The highest BCUT2D eigenvalue weighted by molar-refractivity contribution is 6.30. The molecule has 0 aliphatic rings. The molecule has 3 aromatic heterocycles. The third-order valence-electron chi connectivity index (χ3n) is 4.99. The van der Waals surface area contributed by atoms with E-state index in [0.29, 0.717) is 45.8 Å². The summed E-state index contributed by atoms with van der Waals surface area (Å²) >= 11 is 11.9. The molecule has 4 aromatic rings. The molecule has 160 valence electrons. The van der Waals surface area contributed by atoms with Gasteiger partial charge in [-0.05, 0) is 38.5 Å². The lowest BCUT2D eigenvalue weighted by Gasteiger charge is -2.08. The van der Waals surface area contributed by atoms with E-state index >= 15 is 0 Å². The first-order valence-electron chi connectivity index (χ1n) is 9.54. The highest BCUT2D eigenvalue weighted by Gasteiger charge is 2.23. The number of amides is 1. The predicted octanol–water partition coefficient (Wildman–Crippen LogP) is 4.65. The first-order valence-corrected chi connectivity index (χ1v) is 10.3. The van der Waals surface area contributed by atoms with Crippen molar-refractivity contribution >= 4 is 34.8 Å². The summed E-state index contributed by atoms with van der Waals surface area (Å²) in [5.74, 6) is 0.172. The number of halogens is 2. The Morgan fingerprint density at radius 1 is 1.10 bits per heavy atom. The van der Waals surface area contributed by atoms with Crippen LogP contribution in [0, 0.1) is 20.8 Å². The maximum Gasteiger partial charge on any atom is 0.278 e. The van der Waals surface area contributed by atoms with Crippen molar-refractivity contribution in [2.45, 2.75) is 33.9 Å². The van der Waals surface area contributed by atoms with Crippen LogP contribution < -0.4 is 5.32 Å². The first-order chi connectivity index (χ1) is 14.8. The van der Waals surface area contributed by atoms with Gasteiger partial charge in [0.2, 0.25) is 0 Å². The number of anilines is 1. The summed E-state index contributed by atoms with van der Waals surface area (Å²) in [7, 11) is 0.